The number of amidine groups is 1. The fourth-order valence-corrected chi connectivity index (χ4v) is 0.682. The molecular weight excluding hydrogens is 175 g/mol. The molecule has 0 aromatic carbocycles. The van der Waals surface area contributed by atoms with Crippen molar-refractivity contribution in [3.05, 3.63) is 11.9 Å². The Labute approximate surface area is 65.8 Å². The van der Waals surface area contributed by atoms with Crippen LogP contribution >= 0.6 is 0 Å². The van der Waals surface area contributed by atoms with Gasteiger partial charge in [-0.25, -0.2) is 0 Å². The average molecular weight is 181 g/mol. The molecule has 0 saturated carbocycles. The van der Waals surface area contributed by atoms with Crippen LogP contribution in [0.25, 0.3) is 0 Å². The van der Waals surface area contributed by atoms with E-state index in [9.17, 15) is 0 Å². The third kappa shape index (κ3) is 1.30. The topological polar surface area (TPSA) is 62.8 Å². The van der Waals surface area contributed by atoms with Crippen LogP contribution in [0.5, 0.6) is 0 Å². The third-order valence-corrected chi connectivity index (χ3v) is 1.11. The number of hydrogen-bond acceptors (Lipinski definition) is 3. The second-order valence-corrected chi connectivity index (χ2v) is 1.77. The Morgan fingerprint density at radius 3 is 3.20 bits per heavy atom. The minimum absolute atomic E-state index is 0.536. The summed E-state index contributed by atoms with van der Waals surface area (Å²) >= 11 is 4.24. The van der Waals surface area contributed by atoms with Crippen molar-refractivity contribution in [2.45, 2.75) is 0 Å². The van der Waals surface area contributed by atoms with E-state index < -0.39 is 0 Å². The zero-order chi connectivity index (χ0) is 7.40. The van der Waals surface area contributed by atoms with E-state index in [1.165, 1.54) is 17.7 Å². The Hall–Kier alpha value is -0.956. The molecule has 0 aromatic rings. The molecule has 1 rings (SSSR count). The molecule has 3 N–H and O–H groups in total. The van der Waals surface area contributed by atoms with Crippen LogP contribution in [0.4, 0.5) is 0 Å². The van der Waals surface area contributed by atoms with Crippen molar-refractivity contribution < 1.29 is 15.0 Å². The second-order valence-electron chi connectivity index (χ2n) is 1.52. The first-order valence-corrected chi connectivity index (χ1v) is 3.13. The fraction of sp³-hybridized carbons (Fsp3) is 0. The van der Waals surface area contributed by atoms with Gasteiger partial charge in [0.05, 0.1) is 0 Å². The van der Waals surface area contributed by atoms with Crippen LogP contribution in [0.3, 0.4) is 0 Å². The predicted molar refractivity (Wildman–Crippen MR) is 37.4 cm³/mol. The molecule has 5 heteroatoms. The second kappa shape index (κ2) is 3.27. The van der Waals surface area contributed by atoms with E-state index in [-0.39, 0.29) is 0 Å². The maximum atomic E-state index is 5.22. The molecule has 1 heterocycles. The minimum atomic E-state index is 0.536. The molecule has 0 unspecified atom stereocenters. The van der Waals surface area contributed by atoms with E-state index in [0.29, 0.717) is 11.5 Å². The van der Waals surface area contributed by atoms with Crippen LogP contribution in [0, 0.1) is 0 Å². The Morgan fingerprint density at radius 2 is 2.60 bits per heavy atom. The SMILES string of the molecule is NC=C1NC=NC1=N[CH]=[Ni]. The first-order chi connectivity index (χ1) is 4.88. The Balaban J connectivity index is 2.86. The van der Waals surface area contributed by atoms with Crippen LogP contribution in [0.15, 0.2) is 21.9 Å². The Morgan fingerprint density at radius 1 is 1.80 bits per heavy atom. The first kappa shape index (κ1) is 7.15. The summed E-state index contributed by atoms with van der Waals surface area (Å²) in [6, 6.07) is 0. The summed E-state index contributed by atoms with van der Waals surface area (Å²) < 4.78 is 0. The van der Waals surface area contributed by atoms with E-state index in [1.807, 2.05) is 0 Å². The van der Waals surface area contributed by atoms with Gasteiger partial charge >= 0.3 is 65.3 Å². The monoisotopic (exact) mass is 180 g/mol. The molecule has 0 radical (unpaired) electrons. The van der Waals surface area contributed by atoms with Crippen LogP contribution in [0.1, 0.15) is 0 Å². The van der Waals surface area contributed by atoms with Gasteiger partial charge in [0, 0.05) is 0 Å². The van der Waals surface area contributed by atoms with Crippen molar-refractivity contribution in [1.29, 1.82) is 0 Å². The molecule has 0 aliphatic carbocycles. The molecule has 0 bridgehead atoms. The number of nitrogens with one attached hydrogen (secondary N) is 1. The Kier molecular flexibility index (Phi) is 2.34. The molecule has 0 spiro atoms. The molecular formula is C5H6N4Ni. The van der Waals surface area contributed by atoms with Crippen molar-refractivity contribution in [2.75, 3.05) is 0 Å². The van der Waals surface area contributed by atoms with Gasteiger partial charge in [-0.15, -0.1) is 0 Å². The Bertz CT molecular complexity index is 228. The number of aliphatic imine (C=N–C) groups is 2. The molecule has 0 fully saturated rings. The fourth-order valence-electron chi connectivity index (χ4n) is 0.561. The van der Waals surface area contributed by atoms with Crippen molar-refractivity contribution in [2.24, 2.45) is 15.7 Å². The van der Waals surface area contributed by atoms with Crippen molar-refractivity contribution >= 4 is 17.3 Å². The molecule has 0 amide bonds. The van der Waals surface area contributed by atoms with Gasteiger partial charge in [0.2, 0.25) is 0 Å². The van der Waals surface area contributed by atoms with Gasteiger partial charge in [0.15, 0.2) is 0 Å². The van der Waals surface area contributed by atoms with E-state index in [4.69, 9.17) is 5.73 Å². The van der Waals surface area contributed by atoms with Gasteiger partial charge in [-0.3, -0.25) is 0 Å². The molecule has 4 nitrogen and oxygen atoms in total. The third-order valence-electron chi connectivity index (χ3n) is 0.978. The summed E-state index contributed by atoms with van der Waals surface area (Å²) in [4.78, 5) is 7.64. The van der Waals surface area contributed by atoms with Gasteiger partial charge in [-0.1, -0.05) is 0 Å². The summed E-state index contributed by atoms with van der Waals surface area (Å²) in [5.41, 5.74) is 5.91. The number of hydrogen-bond donors (Lipinski definition) is 2. The molecule has 0 aromatic heterocycles. The van der Waals surface area contributed by atoms with E-state index in [2.05, 4.69) is 30.3 Å². The standard InChI is InChI=1S/C5H6N4.Ni/c1-7-5-4(2-6)8-3-9-5;/h1-3H,6H2,(H,8,9);. The van der Waals surface area contributed by atoms with Gasteiger partial charge in [-0.2, -0.15) is 0 Å². The van der Waals surface area contributed by atoms with Crippen LogP contribution in [-0.2, 0) is 15.0 Å². The predicted octanol–water partition coefficient (Wildman–Crippen LogP) is -0.877. The zero-order valence-electron chi connectivity index (χ0n) is 5.02. The maximum absolute atomic E-state index is 5.22. The van der Waals surface area contributed by atoms with Crippen molar-refractivity contribution in [3.8, 4) is 0 Å². The summed E-state index contributed by atoms with van der Waals surface area (Å²) in [5.74, 6) is 0.536. The average Bonchev–Trinajstić information content (AvgIpc) is 2.36. The normalized spacial score (nSPS) is 23.8. The molecule has 0 atom stereocenters. The molecule has 0 saturated heterocycles. The van der Waals surface area contributed by atoms with Crippen molar-refractivity contribution in [3.63, 3.8) is 0 Å². The van der Waals surface area contributed by atoms with Crippen LogP contribution < -0.4 is 11.1 Å². The molecule has 56 valence electrons. The molecule has 1 aliphatic heterocycles. The number of nitrogens with two attached hydrogens (primary N) is 1. The van der Waals surface area contributed by atoms with E-state index in [0.717, 1.165) is 0 Å². The van der Waals surface area contributed by atoms with Gasteiger partial charge in [0.1, 0.15) is 0 Å². The quantitative estimate of drug-likeness (QED) is 0.516. The van der Waals surface area contributed by atoms with Gasteiger partial charge in [0.25, 0.3) is 0 Å². The summed E-state index contributed by atoms with van der Waals surface area (Å²) in [7, 11) is 0. The molecule has 1 aliphatic rings. The summed E-state index contributed by atoms with van der Waals surface area (Å²) in [6.07, 6.45) is 2.91. The van der Waals surface area contributed by atoms with Gasteiger partial charge < -0.3 is 0 Å². The van der Waals surface area contributed by atoms with E-state index in [1.54, 1.807) is 0 Å². The van der Waals surface area contributed by atoms with Crippen molar-refractivity contribution in [1.82, 2.24) is 5.32 Å². The summed E-state index contributed by atoms with van der Waals surface area (Å²) in [6.45, 7) is 0. The van der Waals surface area contributed by atoms with Crippen LogP contribution in [0.2, 0.25) is 0 Å². The van der Waals surface area contributed by atoms with Crippen LogP contribution in [-0.4, -0.2) is 17.3 Å². The van der Waals surface area contributed by atoms with Gasteiger partial charge in [-0.05, 0) is 0 Å². The number of nitrogens with zero attached hydrogens (tertiary/aromatic N) is 2. The molecule has 10 heavy (non-hydrogen) atoms. The number of rotatable bonds is 1. The zero-order valence-corrected chi connectivity index (χ0v) is 6.01. The van der Waals surface area contributed by atoms with E-state index >= 15 is 0 Å². The first-order valence-electron chi connectivity index (χ1n) is 2.56. The summed E-state index contributed by atoms with van der Waals surface area (Å²) in [5, 5.41) is 4.09.